The molecule has 2 nitrogen and oxygen atoms in total. The van der Waals surface area contributed by atoms with Gasteiger partial charge in [-0.25, -0.2) is 0 Å². The standard InChI is InChI=1S/C5H11O2/c1-2-5(3-6)4-7/h3,5-7H,2,4H2,1H3. The fraction of sp³-hybridized carbons (Fsp3) is 0.800. The SMILES string of the molecule is CCC([CH]O)CO. The highest BCUT2D eigenvalue weighted by Gasteiger charge is 1.99. The summed E-state index contributed by atoms with van der Waals surface area (Å²) >= 11 is 0. The van der Waals surface area contributed by atoms with E-state index in [1.165, 1.54) is 0 Å². The van der Waals surface area contributed by atoms with Gasteiger partial charge in [-0.2, -0.15) is 0 Å². The van der Waals surface area contributed by atoms with Crippen molar-refractivity contribution in [1.29, 1.82) is 0 Å². The Morgan fingerprint density at radius 3 is 2.29 bits per heavy atom. The van der Waals surface area contributed by atoms with E-state index in [1.54, 1.807) is 0 Å². The van der Waals surface area contributed by atoms with E-state index in [0.29, 0.717) is 0 Å². The van der Waals surface area contributed by atoms with E-state index in [1.807, 2.05) is 6.92 Å². The second-order valence-electron chi connectivity index (χ2n) is 1.50. The van der Waals surface area contributed by atoms with Crippen molar-refractivity contribution >= 4 is 0 Å². The van der Waals surface area contributed by atoms with Crippen molar-refractivity contribution in [2.24, 2.45) is 5.92 Å². The van der Waals surface area contributed by atoms with E-state index < -0.39 is 0 Å². The normalized spacial score (nSPS) is 10.3. The molecule has 0 aromatic heterocycles. The van der Waals surface area contributed by atoms with Crippen LogP contribution < -0.4 is 0 Å². The lowest BCUT2D eigenvalue weighted by atomic mass is 10.1. The van der Waals surface area contributed by atoms with Crippen LogP contribution in [0.15, 0.2) is 0 Å². The average molecular weight is 103 g/mol. The zero-order valence-corrected chi connectivity index (χ0v) is 4.46. The van der Waals surface area contributed by atoms with Crippen molar-refractivity contribution in [2.45, 2.75) is 13.3 Å². The molecule has 0 aromatic carbocycles. The molecule has 0 aliphatic carbocycles. The highest BCUT2D eigenvalue weighted by Crippen LogP contribution is 2.00. The first-order valence-corrected chi connectivity index (χ1v) is 2.43. The van der Waals surface area contributed by atoms with Gasteiger partial charge in [-0.3, -0.25) is 0 Å². The van der Waals surface area contributed by atoms with Gasteiger partial charge in [0.1, 0.15) is 0 Å². The fourth-order valence-electron chi connectivity index (χ4n) is 0.282. The molecule has 0 spiro atoms. The zero-order chi connectivity index (χ0) is 5.70. The topological polar surface area (TPSA) is 40.5 Å². The summed E-state index contributed by atoms with van der Waals surface area (Å²) in [5.41, 5.74) is 0. The fourth-order valence-corrected chi connectivity index (χ4v) is 0.282. The Morgan fingerprint density at radius 2 is 2.29 bits per heavy atom. The van der Waals surface area contributed by atoms with E-state index in [0.717, 1.165) is 13.0 Å². The Kier molecular flexibility index (Phi) is 4.04. The summed E-state index contributed by atoms with van der Waals surface area (Å²) in [4.78, 5) is 0. The lowest BCUT2D eigenvalue weighted by Crippen LogP contribution is -2.03. The molecule has 0 saturated carbocycles. The molecule has 0 fully saturated rings. The van der Waals surface area contributed by atoms with E-state index in [2.05, 4.69) is 0 Å². The van der Waals surface area contributed by atoms with Gasteiger partial charge in [-0.1, -0.05) is 6.92 Å². The van der Waals surface area contributed by atoms with Gasteiger partial charge in [0, 0.05) is 12.5 Å². The third-order valence-corrected chi connectivity index (χ3v) is 0.970. The van der Waals surface area contributed by atoms with Crippen LogP contribution in [0.3, 0.4) is 0 Å². The smallest absolute Gasteiger partial charge is 0.0852 e. The molecule has 0 heterocycles. The van der Waals surface area contributed by atoms with Gasteiger partial charge >= 0.3 is 0 Å². The first-order valence-electron chi connectivity index (χ1n) is 2.43. The largest absolute Gasteiger partial charge is 0.396 e. The highest BCUT2D eigenvalue weighted by molar-refractivity contribution is 4.60. The van der Waals surface area contributed by atoms with E-state index in [-0.39, 0.29) is 12.5 Å². The Bertz CT molecular complexity index is 27.6. The molecule has 43 valence electrons. The monoisotopic (exact) mass is 103 g/mol. The number of rotatable bonds is 3. The number of aliphatic hydroxyl groups excluding tert-OH is 2. The Hall–Kier alpha value is -0.0800. The average Bonchev–Trinajstić information content (AvgIpc) is 1.72. The van der Waals surface area contributed by atoms with Crippen molar-refractivity contribution in [2.75, 3.05) is 6.61 Å². The van der Waals surface area contributed by atoms with Crippen molar-refractivity contribution < 1.29 is 10.2 Å². The first-order chi connectivity index (χ1) is 3.35. The van der Waals surface area contributed by atoms with Crippen LogP contribution in [0.5, 0.6) is 0 Å². The molecule has 1 unspecified atom stereocenters. The molecule has 0 saturated heterocycles. The van der Waals surface area contributed by atoms with Gasteiger partial charge in [-0.05, 0) is 6.42 Å². The highest BCUT2D eigenvalue weighted by atomic mass is 16.3. The molecule has 2 heteroatoms. The van der Waals surface area contributed by atoms with Gasteiger partial charge in [0.25, 0.3) is 0 Å². The molecule has 1 radical (unpaired) electrons. The maximum absolute atomic E-state index is 8.33. The van der Waals surface area contributed by atoms with E-state index in [9.17, 15) is 0 Å². The molecule has 0 rings (SSSR count). The predicted molar refractivity (Wildman–Crippen MR) is 27.1 cm³/mol. The third kappa shape index (κ3) is 2.60. The van der Waals surface area contributed by atoms with Crippen molar-refractivity contribution in [1.82, 2.24) is 0 Å². The van der Waals surface area contributed by atoms with Gasteiger partial charge in [0.05, 0.1) is 6.61 Å². The molecule has 1 atom stereocenters. The molecule has 0 aromatic rings. The van der Waals surface area contributed by atoms with Crippen LogP contribution in [-0.4, -0.2) is 16.8 Å². The quantitative estimate of drug-likeness (QED) is 0.547. The van der Waals surface area contributed by atoms with Crippen LogP contribution in [0.1, 0.15) is 13.3 Å². The Morgan fingerprint density at radius 1 is 1.71 bits per heavy atom. The van der Waals surface area contributed by atoms with Crippen molar-refractivity contribution in [3.63, 3.8) is 0 Å². The minimum absolute atomic E-state index is 0.0278. The minimum Gasteiger partial charge on any atom is -0.396 e. The Labute approximate surface area is 43.8 Å². The summed E-state index contributed by atoms with van der Waals surface area (Å²) in [7, 11) is 0. The van der Waals surface area contributed by atoms with Crippen LogP contribution in [0.25, 0.3) is 0 Å². The summed E-state index contributed by atoms with van der Waals surface area (Å²) in [5, 5.41) is 16.6. The third-order valence-electron chi connectivity index (χ3n) is 0.970. The minimum atomic E-state index is -0.0278. The van der Waals surface area contributed by atoms with Crippen LogP contribution >= 0.6 is 0 Å². The maximum atomic E-state index is 8.33. The molecule has 0 aliphatic heterocycles. The van der Waals surface area contributed by atoms with Crippen molar-refractivity contribution in [3.8, 4) is 0 Å². The summed E-state index contributed by atoms with van der Waals surface area (Å²) in [6.45, 7) is 2.99. The summed E-state index contributed by atoms with van der Waals surface area (Å²) in [6, 6.07) is 0. The van der Waals surface area contributed by atoms with E-state index in [4.69, 9.17) is 10.2 Å². The molecule has 7 heavy (non-hydrogen) atoms. The molecule has 0 bridgehead atoms. The van der Waals surface area contributed by atoms with Crippen LogP contribution in [0.2, 0.25) is 0 Å². The summed E-state index contributed by atoms with van der Waals surface area (Å²) in [6.07, 6.45) is 0.799. The summed E-state index contributed by atoms with van der Waals surface area (Å²) < 4.78 is 0. The predicted octanol–water partition coefficient (Wildman–Crippen LogP) is 0.539. The van der Waals surface area contributed by atoms with Crippen LogP contribution in [0, 0.1) is 12.5 Å². The number of hydrogen-bond acceptors (Lipinski definition) is 2. The van der Waals surface area contributed by atoms with Crippen LogP contribution in [0.4, 0.5) is 0 Å². The molecule has 0 aliphatic rings. The molecule has 2 N–H and O–H groups in total. The first kappa shape index (κ1) is 6.92. The van der Waals surface area contributed by atoms with Crippen LogP contribution in [-0.2, 0) is 0 Å². The summed E-state index contributed by atoms with van der Waals surface area (Å²) in [5.74, 6) is -0.0278. The zero-order valence-electron chi connectivity index (χ0n) is 4.46. The van der Waals surface area contributed by atoms with E-state index >= 15 is 0 Å². The number of aliphatic hydroxyl groups is 2. The molecular weight excluding hydrogens is 92.1 g/mol. The lowest BCUT2D eigenvalue weighted by Gasteiger charge is -2.02. The lowest BCUT2D eigenvalue weighted by molar-refractivity contribution is 0.194. The van der Waals surface area contributed by atoms with Crippen molar-refractivity contribution in [3.05, 3.63) is 6.61 Å². The van der Waals surface area contributed by atoms with Gasteiger partial charge < -0.3 is 10.2 Å². The van der Waals surface area contributed by atoms with Gasteiger partial charge in [0.2, 0.25) is 0 Å². The second-order valence-corrected chi connectivity index (χ2v) is 1.50. The molecule has 0 amide bonds. The second kappa shape index (κ2) is 4.09. The maximum Gasteiger partial charge on any atom is 0.0852 e. The number of hydrogen-bond donors (Lipinski definition) is 2. The van der Waals surface area contributed by atoms with Gasteiger partial charge in [0.15, 0.2) is 0 Å². The Balaban J connectivity index is 2.99. The van der Waals surface area contributed by atoms with Gasteiger partial charge in [-0.15, -0.1) is 0 Å². The molecular formula is C5H11O2.